The van der Waals surface area contributed by atoms with Gasteiger partial charge in [0.15, 0.2) is 9.84 Å². The predicted octanol–water partition coefficient (Wildman–Crippen LogP) is 0.401. The molecule has 2 aliphatic carbocycles. The standard InChI is InChI=1S/C16H28N2O4S/c19-15-7-3-6-14(15)17-8-10-18(11-9-17)16(20)12-23(21,22)13-4-1-2-5-13/h13-15,19H,1-12H2/t14-,15-/m0/s1. The van der Waals surface area contributed by atoms with Gasteiger partial charge in [-0.2, -0.15) is 0 Å². The van der Waals surface area contributed by atoms with E-state index >= 15 is 0 Å². The largest absolute Gasteiger partial charge is 0.391 e. The van der Waals surface area contributed by atoms with Crippen molar-refractivity contribution in [1.29, 1.82) is 0 Å². The Bertz CT molecular complexity index is 522. The molecule has 1 heterocycles. The van der Waals surface area contributed by atoms with Gasteiger partial charge in [0.1, 0.15) is 5.75 Å². The van der Waals surface area contributed by atoms with Gasteiger partial charge in [-0.05, 0) is 32.1 Å². The zero-order valence-electron chi connectivity index (χ0n) is 13.7. The fourth-order valence-electron chi connectivity index (χ4n) is 4.28. The highest BCUT2D eigenvalue weighted by Crippen LogP contribution is 2.26. The van der Waals surface area contributed by atoms with E-state index in [1.807, 2.05) is 0 Å². The average molecular weight is 344 g/mol. The third-order valence-electron chi connectivity index (χ3n) is 5.71. The topological polar surface area (TPSA) is 77.9 Å². The van der Waals surface area contributed by atoms with Crippen LogP contribution in [0.2, 0.25) is 0 Å². The summed E-state index contributed by atoms with van der Waals surface area (Å²) < 4.78 is 24.6. The molecule has 23 heavy (non-hydrogen) atoms. The average Bonchev–Trinajstić information content (AvgIpc) is 3.18. The number of sulfone groups is 1. The summed E-state index contributed by atoms with van der Waals surface area (Å²) in [5.74, 6) is -0.576. The second kappa shape index (κ2) is 7.07. The van der Waals surface area contributed by atoms with E-state index in [1.54, 1.807) is 4.90 Å². The van der Waals surface area contributed by atoms with Crippen LogP contribution >= 0.6 is 0 Å². The molecule has 0 radical (unpaired) electrons. The van der Waals surface area contributed by atoms with Crippen molar-refractivity contribution in [2.75, 3.05) is 31.9 Å². The minimum atomic E-state index is -3.29. The molecule has 132 valence electrons. The first-order valence-corrected chi connectivity index (χ1v) is 10.6. The van der Waals surface area contributed by atoms with Crippen molar-refractivity contribution in [3.8, 4) is 0 Å². The Balaban J connectivity index is 1.50. The minimum absolute atomic E-state index is 0.217. The summed E-state index contributed by atoms with van der Waals surface area (Å²) >= 11 is 0. The molecule has 0 unspecified atom stereocenters. The van der Waals surface area contributed by atoms with Crippen LogP contribution in [0.4, 0.5) is 0 Å². The van der Waals surface area contributed by atoms with Crippen molar-refractivity contribution in [3.05, 3.63) is 0 Å². The summed E-state index contributed by atoms with van der Waals surface area (Å²) in [4.78, 5) is 16.3. The normalized spacial score (nSPS) is 30.9. The number of amides is 1. The number of hydrogen-bond donors (Lipinski definition) is 1. The van der Waals surface area contributed by atoms with Gasteiger partial charge in [0.2, 0.25) is 5.91 Å². The van der Waals surface area contributed by atoms with Crippen LogP contribution in [0.3, 0.4) is 0 Å². The molecule has 0 aromatic rings. The molecule has 2 saturated carbocycles. The van der Waals surface area contributed by atoms with Crippen LogP contribution in [0.25, 0.3) is 0 Å². The van der Waals surface area contributed by atoms with Crippen LogP contribution < -0.4 is 0 Å². The third kappa shape index (κ3) is 3.88. The molecule has 6 nitrogen and oxygen atoms in total. The molecule has 2 atom stereocenters. The molecule has 1 aliphatic heterocycles. The number of rotatable bonds is 4. The number of nitrogens with zero attached hydrogens (tertiary/aromatic N) is 2. The first kappa shape index (κ1) is 17.2. The monoisotopic (exact) mass is 344 g/mol. The van der Waals surface area contributed by atoms with E-state index in [9.17, 15) is 18.3 Å². The fraction of sp³-hybridized carbons (Fsp3) is 0.938. The highest BCUT2D eigenvalue weighted by Gasteiger charge is 2.35. The van der Waals surface area contributed by atoms with Gasteiger partial charge in [-0.3, -0.25) is 9.69 Å². The lowest BCUT2D eigenvalue weighted by atomic mass is 10.1. The molecular formula is C16H28N2O4S. The van der Waals surface area contributed by atoms with Crippen LogP contribution in [0.15, 0.2) is 0 Å². The number of piperazine rings is 1. The molecule has 3 aliphatic rings. The summed E-state index contributed by atoms with van der Waals surface area (Å²) in [5, 5.41) is 9.68. The number of carbonyl (C=O) groups excluding carboxylic acids is 1. The minimum Gasteiger partial charge on any atom is -0.391 e. The Morgan fingerprint density at radius 3 is 2.17 bits per heavy atom. The molecule has 3 rings (SSSR count). The van der Waals surface area contributed by atoms with Crippen LogP contribution in [0.1, 0.15) is 44.9 Å². The summed E-state index contributed by atoms with van der Waals surface area (Å²) in [6, 6.07) is 0.217. The van der Waals surface area contributed by atoms with Gasteiger partial charge >= 0.3 is 0 Å². The lowest BCUT2D eigenvalue weighted by molar-refractivity contribution is -0.130. The molecular weight excluding hydrogens is 316 g/mol. The van der Waals surface area contributed by atoms with E-state index < -0.39 is 9.84 Å². The van der Waals surface area contributed by atoms with Crippen molar-refractivity contribution < 1.29 is 18.3 Å². The van der Waals surface area contributed by atoms with E-state index in [0.29, 0.717) is 25.9 Å². The number of aliphatic hydroxyl groups excluding tert-OH is 1. The van der Waals surface area contributed by atoms with Crippen molar-refractivity contribution in [3.63, 3.8) is 0 Å². The van der Waals surface area contributed by atoms with E-state index in [-0.39, 0.29) is 29.1 Å². The van der Waals surface area contributed by atoms with Gasteiger partial charge in [0.05, 0.1) is 11.4 Å². The van der Waals surface area contributed by atoms with Gasteiger partial charge in [0, 0.05) is 32.2 Å². The van der Waals surface area contributed by atoms with E-state index in [1.165, 1.54) is 0 Å². The first-order chi connectivity index (χ1) is 11.0. The van der Waals surface area contributed by atoms with Crippen molar-refractivity contribution in [2.45, 2.75) is 62.3 Å². The number of carbonyl (C=O) groups is 1. The Kier molecular flexibility index (Phi) is 5.28. The smallest absolute Gasteiger partial charge is 0.237 e. The van der Waals surface area contributed by atoms with Crippen molar-refractivity contribution in [1.82, 2.24) is 9.80 Å². The molecule has 3 fully saturated rings. The van der Waals surface area contributed by atoms with Gasteiger partial charge < -0.3 is 10.0 Å². The first-order valence-electron chi connectivity index (χ1n) is 8.89. The number of hydrogen-bond acceptors (Lipinski definition) is 5. The maximum Gasteiger partial charge on any atom is 0.237 e. The SMILES string of the molecule is O=C(CS(=O)(=O)C1CCCC1)N1CCN([C@H]2CCC[C@@H]2O)CC1. The maximum atomic E-state index is 12.3. The van der Waals surface area contributed by atoms with Crippen molar-refractivity contribution in [2.24, 2.45) is 0 Å². The summed E-state index contributed by atoms with van der Waals surface area (Å²) in [5.41, 5.74) is 0. The lowest BCUT2D eigenvalue weighted by Crippen LogP contribution is -2.54. The molecule has 1 amide bonds. The maximum absolute atomic E-state index is 12.3. The van der Waals surface area contributed by atoms with Crippen molar-refractivity contribution >= 4 is 15.7 Å². The highest BCUT2D eigenvalue weighted by molar-refractivity contribution is 7.92. The van der Waals surface area contributed by atoms with Gasteiger partial charge in [-0.15, -0.1) is 0 Å². The molecule has 1 N–H and O–H groups in total. The van der Waals surface area contributed by atoms with Gasteiger partial charge in [-0.1, -0.05) is 12.8 Å². The molecule has 0 aromatic carbocycles. The van der Waals surface area contributed by atoms with Gasteiger partial charge in [-0.25, -0.2) is 8.42 Å². The molecule has 0 bridgehead atoms. The Hall–Kier alpha value is -0.660. The van der Waals surface area contributed by atoms with E-state index in [0.717, 1.165) is 45.2 Å². The number of aliphatic hydroxyl groups is 1. The van der Waals surface area contributed by atoms with E-state index in [2.05, 4.69) is 4.90 Å². The molecule has 1 saturated heterocycles. The summed E-state index contributed by atoms with van der Waals surface area (Å²) in [6.07, 6.45) is 6.03. The predicted molar refractivity (Wildman–Crippen MR) is 87.8 cm³/mol. The second-order valence-corrected chi connectivity index (χ2v) is 9.48. The highest BCUT2D eigenvalue weighted by atomic mass is 32.2. The molecule has 0 spiro atoms. The van der Waals surface area contributed by atoms with Crippen LogP contribution in [0, 0.1) is 0 Å². The van der Waals surface area contributed by atoms with Crippen LogP contribution in [-0.4, -0.2) is 78.6 Å². The van der Waals surface area contributed by atoms with Crippen LogP contribution in [-0.2, 0) is 14.6 Å². The zero-order valence-corrected chi connectivity index (χ0v) is 14.5. The van der Waals surface area contributed by atoms with Gasteiger partial charge in [0.25, 0.3) is 0 Å². The van der Waals surface area contributed by atoms with E-state index in [4.69, 9.17) is 0 Å². The van der Waals surface area contributed by atoms with Crippen LogP contribution in [0.5, 0.6) is 0 Å². The quantitative estimate of drug-likeness (QED) is 0.799. The summed E-state index contributed by atoms with van der Waals surface area (Å²) in [7, 11) is -3.29. The Morgan fingerprint density at radius 1 is 0.957 bits per heavy atom. The molecule has 7 heteroatoms. The second-order valence-electron chi connectivity index (χ2n) is 7.20. The summed E-state index contributed by atoms with van der Waals surface area (Å²) in [6.45, 7) is 2.61. The lowest BCUT2D eigenvalue weighted by Gasteiger charge is -2.39. The fourth-order valence-corrected chi connectivity index (χ4v) is 6.09. The Labute approximate surface area is 138 Å². The molecule has 0 aromatic heterocycles. The Morgan fingerprint density at radius 2 is 1.61 bits per heavy atom. The zero-order chi connectivity index (χ0) is 16.4. The third-order valence-corrected chi connectivity index (χ3v) is 7.85.